The number of fused-ring (bicyclic) bond motifs is 1. The minimum absolute atomic E-state index is 0.00380. The molecule has 2 aromatic rings. The van der Waals surface area contributed by atoms with E-state index in [1.807, 2.05) is 11.0 Å². The summed E-state index contributed by atoms with van der Waals surface area (Å²) in [7, 11) is 0. The van der Waals surface area contributed by atoms with E-state index >= 15 is 0 Å². The highest BCUT2D eigenvalue weighted by Gasteiger charge is 2.52. The first kappa shape index (κ1) is 18.6. The van der Waals surface area contributed by atoms with Crippen molar-refractivity contribution in [2.45, 2.75) is 31.9 Å². The van der Waals surface area contributed by atoms with Crippen molar-refractivity contribution < 1.29 is 9.50 Å². The number of amidine groups is 1. The molecular formula is C17H21FN6OS2. The monoisotopic (exact) mass is 408 g/mol. The topological polar surface area (TPSA) is 101 Å². The highest BCUT2D eigenvalue weighted by atomic mass is 32.2. The SMILES string of the molecule is Cc1nc(N2C[C@H]3CSC(N)=N[C@@]3(c3ccns3)C2)nc(C(C)(C)O)c1F. The number of rotatable bonds is 3. The summed E-state index contributed by atoms with van der Waals surface area (Å²) in [5.74, 6) is 0.887. The van der Waals surface area contributed by atoms with Gasteiger partial charge in [-0.25, -0.2) is 23.7 Å². The van der Waals surface area contributed by atoms with Crippen molar-refractivity contribution in [1.82, 2.24) is 14.3 Å². The van der Waals surface area contributed by atoms with Crippen LogP contribution < -0.4 is 10.6 Å². The highest BCUT2D eigenvalue weighted by molar-refractivity contribution is 8.13. The van der Waals surface area contributed by atoms with Crippen molar-refractivity contribution >= 4 is 34.4 Å². The third-order valence-electron chi connectivity index (χ3n) is 5.02. The number of aliphatic imine (C=N–C) groups is 1. The van der Waals surface area contributed by atoms with Gasteiger partial charge in [0.25, 0.3) is 0 Å². The third kappa shape index (κ3) is 3.09. The van der Waals surface area contributed by atoms with E-state index in [4.69, 9.17) is 10.7 Å². The second kappa shape index (κ2) is 6.39. The summed E-state index contributed by atoms with van der Waals surface area (Å²) in [6, 6.07) is 1.98. The van der Waals surface area contributed by atoms with E-state index in [1.54, 1.807) is 24.9 Å². The summed E-state index contributed by atoms with van der Waals surface area (Å²) in [5, 5.41) is 10.9. The molecule has 0 radical (unpaired) electrons. The van der Waals surface area contributed by atoms with Crippen LogP contribution in [0.5, 0.6) is 0 Å². The van der Waals surface area contributed by atoms with Gasteiger partial charge in [0, 0.05) is 24.4 Å². The van der Waals surface area contributed by atoms with E-state index in [0.717, 1.165) is 10.6 Å². The number of halogens is 1. The van der Waals surface area contributed by atoms with E-state index in [0.29, 0.717) is 24.2 Å². The number of aryl methyl sites for hydroxylation is 1. The van der Waals surface area contributed by atoms with Gasteiger partial charge >= 0.3 is 0 Å². The van der Waals surface area contributed by atoms with Crippen molar-refractivity contribution in [3.63, 3.8) is 0 Å². The first-order valence-electron chi connectivity index (χ1n) is 8.62. The predicted octanol–water partition coefficient (Wildman–Crippen LogP) is 2.00. The van der Waals surface area contributed by atoms with Gasteiger partial charge in [-0.1, -0.05) is 11.8 Å². The molecule has 0 aliphatic carbocycles. The molecule has 4 rings (SSSR count). The lowest BCUT2D eigenvalue weighted by molar-refractivity contribution is 0.0691. The fourth-order valence-electron chi connectivity index (χ4n) is 3.65. The lowest BCUT2D eigenvalue weighted by atomic mass is 9.87. The van der Waals surface area contributed by atoms with Gasteiger partial charge in [0.2, 0.25) is 5.95 Å². The van der Waals surface area contributed by atoms with Gasteiger partial charge in [0.1, 0.15) is 16.8 Å². The van der Waals surface area contributed by atoms with E-state index < -0.39 is 17.0 Å². The molecule has 4 heterocycles. The van der Waals surface area contributed by atoms with Crippen LogP contribution in [0.25, 0.3) is 0 Å². The number of hydrogen-bond donors (Lipinski definition) is 2. The van der Waals surface area contributed by atoms with Crippen LogP contribution in [0.2, 0.25) is 0 Å². The van der Waals surface area contributed by atoms with E-state index in [9.17, 15) is 9.50 Å². The molecule has 0 aromatic carbocycles. The van der Waals surface area contributed by atoms with Crippen molar-refractivity contribution in [3.05, 3.63) is 34.3 Å². The largest absolute Gasteiger partial charge is 0.384 e. The molecule has 2 aliphatic rings. The minimum Gasteiger partial charge on any atom is -0.384 e. The summed E-state index contributed by atoms with van der Waals surface area (Å²) in [6.45, 7) is 5.84. The normalized spacial score (nSPS) is 25.4. The molecule has 7 nitrogen and oxygen atoms in total. The van der Waals surface area contributed by atoms with Crippen LogP contribution in [0.15, 0.2) is 17.3 Å². The fourth-order valence-corrected chi connectivity index (χ4v) is 5.42. The zero-order chi connectivity index (χ0) is 19.4. The molecule has 0 unspecified atom stereocenters. The van der Waals surface area contributed by atoms with Crippen LogP contribution in [-0.4, -0.2) is 43.5 Å². The van der Waals surface area contributed by atoms with Crippen molar-refractivity contribution in [1.29, 1.82) is 0 Å². The van der Waals surface area contributed by atoms with Crippen molar-refractivity contribution in [2.24, 2.45) is 16.6 Å². The zero-order valence-corrected chi connectivity index (χ0v) is 16.9. The minimum atomic E-state index is -1.40. The van der Waals surface area contributed by atoms with Gasteiger partial charge in [-0.3, -0.25) is 0 Å². The summed E-state index contributed by atoms with van der Waals surface area (Å²) >= 11 is 2.96. The molecule has 2 atom stereocenters. The number of anilines is 1. The van der Waals surface area contributed by atoms with Gasteiger partial charge in [-0.05, 0) is 38.4 Å². The number of nitrogens with two attached hydrogens (primary N) is 1. The van der Waals surface area contributed by atoms with Gasteiger partial charge in [-0.2, -0.15) is 0 Å². The summed E-state index contributed by atoms with van der Waals surface area (Å²) < 4.78 is 18.7. The molecule has 0 amide bonds. The Bertz CT molecular complexity index is 898. The smallest absolute Gasteiger partial charge is 0.226 e. The zero-order valence-electron chi connectivity index (χ0n) is 15.3. The Labute approximate surface area is 165 Å². The van der Waals surface area contributed by atoms with Crippen LogP contribution >= 0.6 is 23.3 Å². The van der Waals surface area contributed by atoms with Gasteiger partial charge in [0.05, 0.1) is 17.1 Å². The Kier molecular flexibility index (Phi) is 4.39. The molecule has 0 saturated carbocycles. The van der Waals surface area contributed by atoms with Crippen molar-refractivity contribution in [2.75, 3.05) is 23.7 Å². The summed E-state index contributed by atoms with van der Waals surface area (Å²) in [6.07, 6.45) is 1.77. The highest BCUT2D eigenvalue weighted by Crippen LogP contribution is 2.47. The fraction of sp³-hybridized carbons (Fsp3) is 0.529. The number of hydrogen-bond acceptors (Lipinski definition) is 9. The van der Waals surface area contributed by atoms with Gasteiger partial charge in [-0.15, -0.1) is 0 Å². The maximum absolute atomic E-state index is 14.5. The third-order valence-corrected chi connectivity index (χ3v) is 6.89. The Morgan fingerprint density at radius 2 is 2.19 bits per heavy atom. The first-order chi connectivity index (χ1) is 12.7. The molecule has 0 bridgehead atoms. The van der Waals surface area contributed by atoms with E-state index in [-0.39, 0.29) is 17.3 Å². The maximum Gasteiger partial charge on any atom is 0.226 e. The number of aliphatic hydroxyl groups is 1. The van der Waals surface area contributed by atoms with Gasteiger partial charge in [0.15, 0.2) is 11.0 Å². The number of nitrogens with zero attached hydrogens (tertiary/aromatic N) is 5. The summed E-state index contributed by atoms with van der Waals surface area (Å²) in [5.41, 5.74) is 4.39. The molecule has 2 aromatic heterocycles. The molecule has 27 heavy (non-hydrogen) atoms. The maximum atomic E-state index is 14.5. The Morgan fingerprint density at radius 3 is 2.85 bits per heavy atom. The van der Waals surface area contributed by atoms with Crippen LogP contribution in [0, 0.1) is 18.7 Å². The van der Waals surface area contributed by atoms with Gasteiger partial charge < -0.3 is 15.7 Å². The Hall–Kier alpha value is -1.78. The standard InChI is InChI=1S/C17H21FN6OS2/c1-9-12(18)13(16(2,3)25)22-15(21-9)24-6-10-7-26-14(19)23-17(10,8-24)11-4-5-20-27-11/h4-5,10,25H,6-8H2,1-3H3,(H2,19,23)/t10-,17-/m0/s1. The molecule has 0 spiro atoms. The molecule has 1 fully saturated rings. The molecule has 1 saturated heterocycles. The average Bonchev–Trinajstić information content (AvgIpc) is 3.23. The van der Waals surface area contributed by atoms with Crippen LogP contribution in [0.1, 0.15) is 30.1 Å². The summed E-state index contributed by atoms with van der Waals surface area (Å²) in [4.78, 5) is 16.6. The van der Waals surface area contributed by atoms with Crippen LogP contribution in [-0.2, 0) is 11.1 Å². The Balaban J connectivity index is 1.77. The molecule has 10 heteroatoms. The predicted molar refractivity (Wildman–Crippen MR) is 106 cm³/mol. The molecule has 144 valence electrons. The van der Waals surface area contributed by atoms with Crippen LogP contribution in [0.4, 0.5) is 10.3 Å². The number of thioether (sulfide) groups is 1. The Morgan fingerprint density at radius 1 is 1.41 bits per heavy atom. The lowest BCUT2D eigenvalue weighted by Crippen LogP contribution is -2.39. The second-order valence-corrected chi connectivity index (χ2v) is 9.34. The van der Waals surface area contributed by atoms with Crippen LogP contribution in [0.3, 0.4) is 0 Å². The van der Waals surface area contributed by atoms with E-state index in [1.165, 1.54) is 25.4 Å². The van der Waals surface area contributed by atoms with Crippen molar-refractivity contribution in [3.8, 4) is 0 Å². The quantitative estimate of drug-likeness (QED) is 0.801. The lowest BCUT2D eigenvalue weighted by Gasteiger charge is -2.32. The molecular weight excluding hydrogens is 387 g/mol. The molecule has 2 aliphatic heterocycles. The van der Waals surface area contributed by atoms with E-state index in [2.05, 4.69) is 14.3 Å². The molecule has 3 N–H and O–H groups in total. The first-order valence-corrected chi connectivity index (χ1v) is 10.4. The second-order valence-electron chi connectivity index (χ2n) is 7.47. The average molecular weight is 409 g/mol. The number of aromatic nitrogens is 3.